The molecule has 0 fully saturated rings. The van der Waals surface area contributed by atoms with Crippen LogP contribution in [0.25, 0.3) is 0 Å². The fourth-order valence-electron chi connectivity index (χ4n) is 2.42. The molecule has 2 aromatic rings. The molecule has 0 atom stereocenters. The Balaban J connectivity index is 2.33. The highest BCUT2D eigenvalue weighted by molar-refractivity contribution is 6.32. The average Bonchev–Trinajstić information content (AvgIpc) is 2.45. The molecule has 0 spiro atoms. The van der Waals surface area contributed by atoms with E-state index in [0.29, 0.717) is 22.9 Å². The number of hydrogen-bond acceptors (Lipinski definition) is 2. The Labute approximate surface area is 133 Å². The van der Waals surface area contributed by atoms with Gasteiger partial charge >= 0.3 is 0 Å². The van der Waals surface area contributed by atoms with Crippen molar-refractivity contribution in [3.8, 4) is 0 Å². The topological polar surface area (TPSA) is 43.1 Å². The van der Waals surface area contributed by atoms with Gasteiger partial charge in [0.1, 0.15) is 0 Å². The van der Waals surface area contributed by atoms with Gasteiger partial charge in [0.15, 0.2) is 0 Å². The third-order valence-corrected chi connectivity index (χ3v) is 4.08. The molecule has 2 rings (SSSR count). The first-order chi connectivity index (χ1) is 10.1. The van der Waals surface area contributed by atoms with Crippen LogP contribution in [0.1, 0.15) is 29.9 Å². The highest BCUT2D eigenvalue weighted by Gasteiger charge is 2.19. The van der Waals surface area contributed by atoms with Gasteiger partial charge in [-0.25, -0.2) is 0 Å². The zero-order chi connectivity index (χ0) is 15.2. The first kappa shape index (κ1) is 15.8. The molecule has 110 valence electrons. The largest absolute Gasteiger partial charge is 0.265 e. The Morgan fingerprint density at radius 1 is 0.952 bits per heavy atom. The van der Waals surface area contributed by atoms with E-state index in [9.17, 15) is 10.1 Å². The van der Waals surface area contributed by atoms with E-state index in [1.807, 2.05) is 48.5 Å². The van der Waals surface area contributed by atoms with Gasteiger partial charge < -0.3 is 0 Å². The molecule has 0 aromatic heterocycles. The Hall–Kier alpha value is -1.58. The van der Waals surface area contributed by atoms with E-state index in [2.05, 4.69) is 0 Å². The van der Waals surface area contributed by atoms with E-state index in [-0.39, 0.29) is 17.4 Å². The zero-order valence-electron chi connectivity index (χ0n) is 11.3. The molecule has 0 heterocycles. The number of nitro groups is 1. The normalized spacial score (nSPS) is 10.8. The van der Waals surface area contributed by atoms with Crippen LogP contribution < -0.4 is 0 Å². The molecule has 0 unspecified atom stereocenters. The van der Waals surface area contributed by atoms with Gasteiger partial charge in [-0.3, -0.25) is 10.1 Å². The van der Waals surface area contributed by atoms with Crippen molar-refractivity contribution in [2.45, 2.75) is 18.8 Å². The lowest BCUT2D eigenvalue weighted by Crippen LogP contribution is -2.07. The highest BCUT2D eigenvalue weighted by Crippen LogP contribution is 2.36. The van der Waals surface area contributed by atoms with Gasteiger partial charge in [0.25, 0.3) is 0 Å². The summed E-state index contributed by atoms with van der Waals surface area (Å²) < 4.78 is 0. The minimum atomic E-state index is -0.295. The highest BCUT2D eigenvalue weighted by atomic mass is 35.5. The molecule has 0 amide bonds. The molecule has 0 radical (unpaired) electrons. The molecule has 0 aliphatic rings. The van der Waals surface area contributed by atoms with Crippen LogP contribution in [0.5, 0.6) is 0 Å². The van der Waals surface area contributed by atoms with Crippen molar-refractivity contribution in [2.24, 2.45) is 0 Å². The van der Waals surface area contributed by atoms with E-state index in [1.165, 1.54) is 0 Å². The molecule has 0 N–H and O–H groups in total. The third-order valence-electron chi connectivity index (χ3n) is 3.39. The molecule has 0 saturated carbocycles. The van der Waals surface area contributed by atoms with Crippen molar-refractivity contribution in [1.82, 2.24) is 0 Å². The summed E-state index contributed by atoms with van der Waals surface area (Å²) in [6.07, 6.45) is 1.11. The van der Waals surface area contributed by atoms with Gasteiger partial charge in [0.05, 0.1) is 0 Å². The van der Waals surface area contributed by atoms with E-state index in [0.717, 1.165) is 11.1 Å². The van der Waals surface area contributed by atoms with Gasteiger partial charge in [0.2, 0.25) is 6.54 Å². The zero-order valence-corrected chi connectivity index (χ0v) is 12.8. The van der Waals surface area contributed by atoms with E-state index in [1.54, 1.807) is 0 Å². The van der Waals surface area contributed by atoms with Crippen LogP contribution in [-0.2, 0) is 0 Å². The van der Waals surface area contributed by atoms with Gasteiger partial charge in [-0.2, -0.15) is 0 Å². The Morgan fingerprint density at radius 3 is 1.86 bits per heavy atom. The van der Waals surface area contributed by atoms with Crippen LogP contribution in [0, 0.1) is 10.1 Å². The van der Waals surface area contributed by atoms with Crippen LogP contribution in [0.2, 0.25) is 10.0 Å². The molecular weight excluding hydrogens is 309 g/mol. The Morgan fingerprint density at radius 2 is 1.43 bits per heavy atom. The second kappa shape index (κ2) is 7.43. The maximum atomic E-state index is 10.5. The van der Waals surface area contributed by atoms with Gasteiger partial charge in [-0.05, 0) is 29.7 Å². The summed E-state index contributed by atoms with van der Waals surface area (Å²) in [5.41, 5.74) is 1.91. The number of rotatable bonds is 6. The average molecular weight is 324 g/mol. The maximum absolute atomic E-state index is 10.5. The number of hydrogen-bond donors (Lipinski definition) is 0. The third kappa shape index (κ3) is 4.19. The number of nitrogens with zero attached hydrogens (tertiary/aromatic N) is 1. The number of halogens is 2. The van der Waals surface area contributed by atoms with Crippen LogP contribution in [-0.4, -0.2) is 11.5 Å². The van der Waals surface area contributed by atoms with Crippen LogP contribution in [0.4, 0.5) is 0 Å². The summed E-state index contributed by atoms with van der Waals surface area (Å²) in [6, 6.07) is 15.1. The van der Waals surface area contributed by atoms with Gasteiger partial charge in [-0.15, -0.1) is 0 Å². The lowest BCUT2D eigenvalue weighted by Gasteiger charge is -2.19. The smallest absolute Gasteiger partial charge is 0.203 e. The minimum absolute atomic E-state index is 0.0349. The molecular formula is C16H15Cl2NO2. The fourth-order valence-corrected chi connectivity index (χ4v) is 2.95. The molecule has 2 aromatic carbocycles. The van der Waals surface area contributed by atoms with Crippen molar-refractivity contribution in [2.75, 3.05) is 6.54 Å². The molecule has 0 bridgehead atoms. The predicted molar refractivity (Wildman–Crippen MR) is 85.8 cm³/mol. The molecule has 0 aliphatic heterocycles. The number of benzene rings is 2. The van der Waals surface area contributed by atoms with Crippen molar-refractivity contribution < 1.29 is 4.92 Å². The van der Waals surface area contributed by atoms with Crippen LogP contribution in [0.15, 0.2) is 48.5 Å². The molecule has 21 heavy (non-hydrogen) atoms. The minimum Gasteiger partial charge on any atom is -0.265 e. The Kier molecular flexibility index (Phi) is 5.59. The second-order valence-electron chi connectivity index (χ2n) is 4.79. The molecule has 0 saturated heterocycles. The van der Waals surface area contributed by atoms with Crippen molar-refractivity contribution in [1.29, 1.82) is 0 Å². The summed E-state index contributed by atoms with van der Waals surface area (Å²) >= 11 is 12.6. The maximum Gasteiger partial charge on any atom is 0.203 e. The van der Waals surface area contributed by atoms with Crippen LogP contribution >= 0.6 is 23.2 Å². The predicted octanol–water partition coefficient (Wildman–Crippen LogP) is 5.18. The summed E-state index contributed by atoms with van der Waals surface area (Å²) in [6.45, 7) is -0.0502. The van der Waals surface area contributed by atoms with E-state index in [4.69, 9.17) is 23.2 Å². The second-order valence-corrected chi connectivity index (χ2v) is 5.61. The van der Waals surface area contributed by atoms with E-state index >= 15 is 0 Å². The quantitative estimate of drug-likeness (QED) is 0.542. The SMILES string of the molecule is O=[N+]([O-])CCCC(c1ccccc1Cl)c1ccccc1Cl. The summed E-state index contributed by atoms with van der Waals surface area (Å²) in [7, 11) is 0. The monoisotopic (exact) mass is 323 g/mol. The van der Waals surface area contributed by atoms with Gasteiger partial charge in [-0.1, -0.05) is 59.6 Å². The fraction of sp³-hybridized carbons (Fsp3) is 0.250. The summed E-state index contributed by atoms with van der Waals surface area (Å²) in [5, 5.41) is 11.9. The first-order valence-corrected chi connectivity index (χ1v) is 7.46. The standard InChI is InChI=1S/C16H15Cl2NO2/c17-15-9-3-1-6-13(15)12(8-5-11-19(20)21)14-7-2-4-10-16(14)18/h1-4,6-7,9-10,12H,5,8,11H2. The Bertz CT molecular complexity index is 586. The van der Waals surface area contributed by atoms with Crippen molar-refractivity contribution in [3.63, 3.8) is 0 Å². The lowest BCUT2D eigenvalue weighted by molar-refractivity contribution is -0.480. The summed E-state index contributed by atoms with van der Waals surface area (Å²) in [4.78, 5) is 10.2. The summed E-state index contributed by atoms with van der Waals surface area (Å²) in [5.74, 6) is -0.0349. The van der Waals surface area contributed by atoms with Crippen molar-refractivity contribution >= 4 is 23.2 Å². The van der Waals surface area contributed by atoms with Crippen LogP contribution in [0.3, 0.4) is 0 Å². The molecule has 0 aliphatic carbocycles. The first-order valence-electron chi connectivity index (χ1n) is 6.70. The van der Waals surface area contributed by atoms with Gasteiger partial charge in [0, 0.05) is 27.3 Å². The molecule has 3 nitrogen and oxygen atoms in total. The van der Waals surface area contributed by atoms with E-state index < -0.39 is 0 Å². The van der Waals surface area contributed by atoms with Crippen molar-refractivity contribution in [3.05, 3.63) is 79.8 Å². The lowest BCUT2D eigenvalue weighted by atomic mass is 9.87. The molecule has 5 heteroatoms.